The van der Waals surface area contributed by atoms with E-state index in [1.54, 1.807) is 45.6 Å². The lowest BCUT2D eigenvalue weighted by Crippen LogP contribution is -2.23. The topological polar surface area (TPSA) is 66.0 Å². The number of methoxy groups -OCH3 is 3. The zero-order valence-corrected chi connectivity index (χ0v) is 17.3. The predicted molar refractivity (Wildman–Crippen MR) is 114 cm³/mol. The molecule has 0 unspecified atom stereocenters. The second kappa shape index (κ2) is 10.2. The lowest BCUT2D eigenvalue weighted by Gasteiger charge is -2.15. The van der Waals surface area contributed by atoms with Crippen LogP contribution in [0.3, 0.4) is 0 Å². The molecule has 30 heavy (non-hydrogen) atoms. The molecule has 3 rings (SSSR count). The van der Waals surface area contributed by atoms with E-state index < -0.39 is 0 Å². The SMILES string of the molecule is COc1cc(CNC(=O)c2ccccc2OCc2ccccc2)cc(OC)c1OC. The molecule has 0 heterocycles. The summed E-state index contributed by atoms with van der Waals surface area (Å²) in [6, 6.07) is 20.6. The van der Waals surface area contributed by atoms with E-state index in [1.165, 1.54) is 0 Å². The standard InChI is InChI=1S/C24H25NO5/c1-27-21-13-18(14-22(28-2)23(21)29-3)15-25-24(26)19-11-7-8-12-20(19)30-16-17-9-5-4-6-10-17/h4-14H,15-16H2,1-3H3,(H,25,26). The fourth-order valence-corrected chi connectivity index (χ4v) is 3.03. The molecular formula is C24H25NO5. The van der Waals surface area contributed by atoms with Gasteiger partial charge in [0.25, 0.3) is 5.91 Å². The molecule has 0 saturated heterocycles. The van der Waals surface area contributed by atoms with Crippen molar-refractivity contribution in [3.8, 4) is 23.0 Å². The van der Waals surface area contributed by atoms with Gasteiger partial charge in [-0.3, -0.25) is 4.79 Å². The van der Waals surface area contributed by atoms with Gasteiger partial charge in [0.05, 0.1) is 26.9 Å². The van der Waals surface area contributed by atoms with E-state index in [0.29, 0.717) is 41.7 Å². The van der Waals surface area contributed by atoms with Gasteiger partial charge in [0.2, 0.25) is 5.75 Å². The van der Waals surface area contributed by atoms with Crippen molar-refractivity contribution in [1.82, 2.24) is 5.32 Å². The summed E-state index contributed by atoms with van der Waals surface area (Å²) in [7, 11) is 4.66. The first kappa shape index (κ1) is 21.0. The first-order valence-corrected chi connectivity index (χ1v) is 9.49. The monoisotopic (exact) mass is 407 g/mol. The molecule has 0 fully saturated rings. The maximum atomic E-state index is 12.8. The Labute approximate surface area is 176 Å². The van der Waals surface area contributed by atoms with Crippen molar-refractivity contribution in [3.05, 3.63) is 83.4 Å². The summed E-state index contributed by atoms with van der Waals surface area (Å²) in [6.45, 7) is 0.681. The molecule has 0 aromatic heterocycles. The van der Waals surface area contributed by atoms with Gasteiger partial charge in [-0.2, -0.15) is 0 Å². The number of hydrogen-bond acceptors (Lipinski definition) is 5. The summed E-state index contributed by atoms with van der Waals surface area (Å²) in [6.07, 6.45) is 0. The van der Waals surface area contributed by atoms with Gasteiger partial charge in [0.1, 0.15) is 12.4 Å². The molecule has 6 nitrogen and oxygen atoms in total. The van der Waals surface area contributed by atoms with Gasteiger partial charge < -0.3 is 24.3 Å². The quantitative estimate of drug-likeness (QED) is 0.575. The molecule has 1 N–H and O–H groups in total. The largest absolute Gasteiger partial charge is 0.493 e. The van der Waals surface area contributed by atoms with Crippen LogP contribution in [0.5, 0.6) is 23.0 Å². The predicted octanol–water partition coefficient (Wildman–Crippen LogP) is 4.22. The van der Waals surface area contributed by atoms with E-state index in [-0.39, 0.29) is 5.91 Å². The Morgan fingerprint density at radius 2 is 1.40 bits per heavy atom. The van der Waals surface area contributed by atoms with Crippen LogP contribution in [-0.2, 0) is 13.2 Å². The normalized spacial score (nSPS) is 10.2. The van der Waals surface area contributed by atoms with Gasteiger partial charge in [-0.15, -0.1) is 0 Å². The maximum absolute atomic E-state index is 12.8. The minimum Gasteiger partial charge on any atom is -0.493 e. The summed E-state index contributed by atoms with van der Waals surface area (Å²) in [5.41, 5.74) is 2.33. The molecule has 0 bridgehead atoms. The fourth-order valence-electron chi connectivity index (χ4n) is 3.03. The molecule has 0 aliphatic heterocycles. The van der Waals surface area contributed by atoms with E-state index in [0.717, 1.165) is 11.1 Å². The number of hydrogen-bond donors (Lipinski definition) is 1. The average Bonchev–Trinajstić information content (AvgIpc) is 2.81. The Morgan fingerprint density at radius 3 is 2.03 bits per heavy atom. The third kappa shape index (κ3) is 5.03. The van der Waals surface area contributed by atoms with E-state index in [1.807, 2.05) is 42.5 Å². The third-order valence-corrected chi connectivity index (χ3v) is 4.55. The van der Waals surface area contributed by atoms with Crippen molar-refractivity contribution in [2.45, 2.75) is 13.2 Å². The first-order chi connectivity index (χ1) is 14.7. The molecule has 3 aromatic rings. The summed E-state index contributed by atoms with van der Waals surface area (Å²) in [5.74, 6) is 1.88. The van der Waals surface area contributed by atoms with E-state index in [2.05, 4.69) is 5.32 Å². The van der Waals surface area contributed by atoms with Gasteiger partial charge in [-0.25, -0.2) is 0 Å². The zero-order chi connectivity index (χ0) is 21.3. The second-order valence-corrected chi connectivity index (χ2v) is 6.49. The Morgan fingerprint density at radius 1 is 0.767 bits per heavy atom. The van der Waals surface area contributed by atoms with Gasteiger partial charge >= 0.3 is 0 Å². The molecule has 0 atom stereocenters. The number of amides is 1. The second-order valence-electron chi connectivity index (χ2n) is 6.49. The number of ether oxygens (including phenoxy) is 4. The van der Waals surface area contributed by atoms with Gasteiger partial charge in [-0.1, -0.05) is 42.5 Å². The molecule has 3 aromatic carbocycles. The van der Waals surface area contributed by atoms with Crippen molar-refractivity contribution in [2.75, 3.05) is 21.3 Å². The summed E-state index contributed by atoms with van der Waals surface area (Å²) in [4.78, 5) is 12.8. The van der Waals surface area contributed by atoms with Crippen molar-refractivity contribution >= 4 is 5.91 Å². The van der Waals surface area contributed by atoms with Crippen LogP contribution in [0.2, 0.25) is 0 Å². The van der Waals surface area contributed by atoms with E-state index in [4.69, 9.17) is 18.9 Å². The number of rotatable bonds is 9. The van der Waals surface area contributed by atoms with Gasteiger partial charge in [-0.05, 0) is 35.4 Å². The highest BCUT2D eigenvalue weighted by atomic mass is 16.5. The molecule has 6 heteroatoms. The number of carbonyl (C=O) groups is 1. The molecular weight excluding hydrogens is 382 g/mol. The van der Waals surface area contributed by atoms with E-state index in [9.17, 15) is 4.79 Å². The van der Waals surface area contributed by atoms with Crippen LogP contribution in [0.15, 0.2) is 66.7 Å². The molecule has 0 spiro atoms. The highest BCUT2D eigenvalue weighted by Gasteiger charge is 2.15. The van der Waals surface area contributed by atoms with Crippen LogP contribution < -0.4 is 24.3 Å². The van der Waals surface area contributed by atoms with Crippen LogP contribution in [0, 0.1) is 0 Å². The summed E-state index contributed by atoms with van der Waals surface area (Å²) < 4.78 is 21.9. The fraction of sp³-hybridized carbons (Fsp3) is 0.208. The Kier molecular flexibility index (Phi) is 7.16. The van der Waals surface area contributed by atoms with Crippen LogP contribution in [0.25, 0.3) is 0 Å². The smallest absolute Gasteiger partial charge is 0.255 e. The zero-order valence-electron chi connectivity index (χ0n) is 17.3. The number of para-hydroxylation sites is 1. The van der Waals surface area contributed by atoms with E-state index >= 15 is 0 Å². The lowest BCUT2D eigenvalue weighted by atomic mass is 10.1. The molecule has 1 amide bonds. The van der Waals surface area contributed by atoms with Crippen molar-refractivity contribution in [2.24, 2.45) is 0 Å². The van der Waals surface area contributed by atoms with Crippen molar-refractivity contribution in [1.29, 1.82) is 0 Å². The number of carbonyl (C=O) groups excluding carboxylic acids is 1. The summed E-state index contributed by atoms with van der Waals surface area (Å²) in [5, 5.41) is 2.92. The van der Waals surface area contributed by atoms with Crippen LogP contribution >= 0.6 is 0 Å². The number of nitrogens with one attached hydrogen (secondary N) is 1. The molecule has 0 radical (unpaired) electrons. The highest BCUT2D eigenvalue weighted by Crippen LogP contribution is 2.38. The third-order valence-electron chi connectivity index (χ3n) is 4.55. The molecule has 0 aliphatic rings. The molecule has 0 saturated carbocycles. The highest BCUT2D eigenvalue weighted by molar-refractivity contribution is 5.96. The van der Waals surface area contributed by atoms with Crippen LogP contribution in [0.1, 0.15) is 21.5 Å². The minimum atomic E-state index is -0.229. The van der Waals surface area contributed by atoms with Crippen molar-refractivity contribution in [3.63, 3.8) is 0 Å². The Hall–Kier alpha value is -3.67. The van der Waals surface area contributed by atoms with Crippen molar-refractivity contribution < 1.29 is 23.7 Å². The maximum Gasteiger partial charge on any atom is 0.255 e. The first-order valence-electron chi connectivity index (χ1n) is 9.49. The minimum absolute atomic E-state index is 0.229. The summed E-state index contributed by atoms with van der Waals surface area (Å²) >= 11 is 0. The lowest BCUT2D eigenvalue weighted by molar-refractivity contribution is 0.0946. The van der Waals surface area contributed by atoms with Gasteiger partial charge in [0, 0.05) is 6.54 Å². The van der Waals surface area contributed by atoms with Gasteiger partial charge in [0.15, 0.2) is 11.5 Å². The Balaban J connectivity index is 1.71. The van der Waals surface area contributed by atoms with Crippen LogP contribution in [0.4, 0.5) is 0 Å². The molecule has 0 aliphatic carbocycles. The average molecular weight is 407 g/mol. The Bertz CT molecular complexity index is 963. The van der Waals surface area contributed by atoms with Crippen LogP contribution in [-0.4, -0.2) is 27.2 Å². The number of benzene rings is 3. The molecule has 156 valence electrons.